The number of rotatable bonds is 5. The van der Waals surface area contributed by atoms with Crippen LogP contribution in [-0.2, 0) is 11.3 Å². The predicted octanol–water partition coefficient (Wildman–Crippen LogP) is 4.05. The quantitative estimate of drug-likeness (QED) is 0.636. The summed E-state index contributed by atoms with van der Waals surface area (Å²) in [5.41, 5.74) is 0.501. The molecule has 4 rings (SSSR count). The highest BCUT2D eigenvalue weighted by Gasteiger charge is 2.31. The molecule has 0 saturated carbocycles. The maximum Gasteiger partial charge on any atom is 0.410 e. The summed E-state index contributed by atoms with van der Waals surface area (Å²) in [5, 5.41) is 3.69. The number of hydrogen-bond donors (Lipinski definition) is 1. The standard InChI is InChI=1S/C23H27N3O6/c1-14-20(21(27)25-15-7-8-26(11-15)22(28)32-23(2,3)4)18-9-16(5-6-19(18)31-14)29-12-17-10-24-13-30-17/h5-6,9-10,13,15H,7-8,11-12H2,1-4H3,(H,25,27). The lowest BCUT2D eigenvalue weighted by atomic mass is 10.1. The van der Waals surface area contributed by atoms with E-state index in [1.807, 2.05) is 20.8 Å². The third kappa shape index (κ3) is 4.87. The molecule has 1 aliphatic rings. The molecule has 1 fully saturated rings. The largest absolute Gasteiger partial charge is 0.486 e. The molecule has 9 heteroatoms. The lowest BCUT2D eigenvalue weighted by molar-refractivity contribution is 0.0290. The van der Waals surface area contributed by atoms with E-state index in [1.54, 1.807) is 36.2 Å². The van der Waals surface area contributed by atoms with Crippen molar-refractivity contribution in [1.29, 1.82) is 0 Å². The van der Waals surface area contributed by atoms with Gasteiger partial charge in [-0.25, -0.2) is 9.78 Å². The number of oxazole rings is 1. The van der Waals surface area contributed by atoms with Crippen molar-refractivity contribution in [1.82, 2.24) is 15.2 Å². The van der Waals surface area contributed by atoms with Crippen LogP contribution in [0.4, 0.5) is 4.79 Å². The van der Waals surface area contributed by atoms with Crippen LogP contribution < -0.4 is 10.1 Å². The average molecular weight is 441 g/mol. The Labute approximate surface area is 185 Å². The molecular weight excluding hydrogens is 414 g/mol. The number of carbonyl (C=O) groups is 2. The number of furan rings is 1. The first-order valence-corrected chi connectivity index (χ1v) is 10.5. The molecule has 9 nitrogen and oxygen atoms in total. The number of aromatic nitrogens is 1. The van der Waals surface area contributed by atoms with Gasteiger partial charge >= 0.3 is 6.09 Å². The van der Waals surface area contributed by atoms with E-state index in [0.29, 0.717) is 53.3 Å². The summed E-state index contributed by atoms with van der Waals surface area (Å²) >= 11 is 0. The number of likely N-dealkylation sites (tertiary alicyclic amines) is 1. The molecule has 0 aliphatic carbocycles. The molecule has 2 aromatic heterocycles. The van der Waals surface area contributed by atoms with E-state index in [2.05, 4.69) is 10.3 Å². The lowest BCUT2D eigenvalue weighted by Crippen LogP contribution is -2.40. The average Bonchev–Trinajstić information content (AvgIpc) is 3.44. The van der Waals surface area contributed by atoms with Gasteiger partial charge < -0.3 is 28.5 Å². The van der Waals surface area contributed by atoms with Crippen LogP contribution in [0.1, 0.15) is 49.1 Å². The third-order valence-corrected chi connectivity index (χ3v) is 5.10. The molecule has 170 valence electrons. The molecule has 3 aromatic rings. The van der Waals surface area contributed by atoms with Gasteiger partial charge in [-0.05, 0) is 52.3 Å². The first kappa shape index (κ1) is 21.7. The number of ether oxygens (including phenoxy) is 2. The summed E-state index contributed by atoms with van der Waals surface area (Å²) in [6.45, 7) is 8.41. The highest BCUT2D eigenvalue weighted by Crippen LogP contribution is 2.30. The number of carbonyl (C=O) groups excluding carboxylic acids is 2. The van der Waals surface area contributed by atoms with Gasteiger partial charge in [0, 0.05) is 24.5 Å². The SMILES string of the molecule is Cc1oc2ccc(OCc3cnco3)cc2c1C(=O)NC1CCN(C(=O)OC(C)(C)C)C1. The maximum absolute atomic E-state index is 13.1. The third-order valence-electron chi connectivity index (χ3n) is 5.10. The summed E-state index contributed by atoms with van der Waals surface area (Å²) in [7, 11) is 0. The van der Waals surface area contributed by atoms with Gasteiger partial charge in [0.2, 0.25) is 0 Å². The molecule has 1 aliphatic heterocycles. The molecule has 1 saturated heterocycles. The van der Waals surface area contributed by atoms with E-state index < -0.39 is 5.60 Å². The van der Waals surface area contributed by atoms with Gasteiger partial charge in [0.25, 0.3) is 5.91 Å². The number of benzene rings is 1. The summed E-state index contributed by atoms with van der Waals surface area (Å²) in [5.74, 6) is 1.46. The van der Waals surface area contributed by atoms with Gasteiger partial charge in [0.15, 0.2) is 12.2 Å². The van der Waals surface area contributed by atoms with Crippen molar-refractivity contribution in [2.45, 2.75) is 52.4 Å². The fourth-order valence-corrected chi connectivity index (χ4v) is 3.67. The van der Waals surface area contributed by atoms with Crippen LogP contribution in [0.25, 0.3) is 11.0 Å². The maximum atomic E-state index is 13.1. The Bertz CT molecular complexity index is 1110. The van der Waals surface area contributed by atoms with Crippen molar-refractivity contribution in [2.75, 3.05) is 13.1 Å². The van der Waals surface area contributed by atoms with Gasteiger partial charge in [-0.3, -0.25) is 4.79 Å². The normalized spacial score (nSPS) is 16.4. The lowest BCUT2D eigenvalue weighted by Gasteiger charge is -2.24. The zero-order valence-electron chi connectivity index (χ0n) is 18.6. The van der Waals surface area contributed by atoms with E-state index in [4.69, 9.17) is 18.3 Å². The van der Waals surface area contributed by atoms with Crippen molar-refractivity contribution >= 4 is 23.0 Å². The second kappa shape index (κ2) is 8.57. The van der Waals surface area contributed by atoms with Crippen molar-refractivity contribution in [3.8, 4) is 5.75 Å². The van der Waals surface area contributed by atoms with E-state index in [9.17, 15) is 9.59 Å². The number of amides is 2. The number of nitrogens with zero attached hydrogens (tertiary/aromatic N) is 2. The second-order valence-electron chi connectivity index (χ2n) is 8.83. The van der Waals surface area contributed by atoms with E-state index in [1.165, 1.54) is 6.39 Å². The summed E-state index contributed by atoms with van der Waals surface area (Å²) in [4.78, 5) is 30.9. The van der Waals surface area contributed by atoms with Gasteiger partial charge in [-0.15, -0.1) is 0 Å². The minimum atomic E-state index is -0.557. The summed E-state index contributed by atoms with van der Waals surface area (Å²) in [6, 6.07) is 5.16. The molecule has 1 aromatic carbocycles. The summed E-state index contributed by atoms with van der Waals surface area (Å²) < 4.78 is 22.1. The molecule has 0 radical (unpaired) electrons. The van der Waals surface area contributed by atoms with Crippen LogP contribution in [0.3, 0.4) is 0 Å². The molecule has 1 atom stereocenters. The molecule has 0 spiro atoms. The fraction of sp³-hybridized carbons (Fsp3) is 0.435. The monoisotopic (exact) mass is 441 g/mol. The minimum Gasteiger partial charge on any atom is -0.486 e. The van der Waals surface area contributed by atoms with Crippen LogP contribution >= 0.6 is 0 Å². The Hall–Kier alpha value is -3.49. The minimum absolute atomic E-state index is 0.162. The Morgan fingerprint density at radius 2 is 2.12 bits per heavy atom. The zero-order valence-corrected chi connectivity index (χ0v) is 18.6. The molecular formula is C23H27N3O6. The van der Waals surface area contributed by atoms with Gasteiger partial charge in [-0.1, -0.05) is 0 Å². The van der Waals surface area contributed by atoms with Crippen molar-refractivity contribution in [2.24, 2.45) is 0 Å². The number of nitrogens with one attached hydrogen (secondary N) is 1. The smallest absolute Gasteiger partial charge is 0.410 e. The van der Waals surface area contributed by atoms with Crippen LogP contribution in [-0.4, -0.2) is 46.6 Å². The fourth-order valence-electron chi connectivity index (χ4n) is 3.67. The van der Waals surface area contributed by atoms with Gasteiger partial charge in [0.05, 0.1) is 11.8 Å². The number of fused-ring (bicyclic) bond motifs is 1. The van der Waals surface area contributed by atoms with Gasteiger partial charge in [-0.2, -0.15) is 0 Å². The number of hydrogen-bond acceptors (Lipinski definition) is 7. The van der Waals surface area contributed by atoms with Crippen LogP contribution in [0.15, 0.2) is 39.6 Å². The molecule has 0 bridgehead atoms. The van der Waals surface area contributed by atoms with Crippen molar-refractivity contribution in [3.05, 3.63) is 47.9 Å². The highest BCUT2D eigenvalue weighted by molar-refractivity contribution is 6.07. The Morgan fingerprint density at radius 3 is 2.84 bits per heavy atom. The Morgan fingerprint density at radius 1 is 1.31 bits per heavy atom. The van der Waals surface area contributed by atoms with Gasteiger partial charge in [0.1, 0.15) is 29.3 Å². The molecule has 1 unspecified atom stereocenters. The Balaban J connectivity index is 1.44. The zero-order chi connectivity index (χ0) is 22.9. The van der Waals surface area contributed by atoms with E-state index in [-0.39, 0.29) is 24.6 Å². The predicted molar refractivity (Wildman–Crippen MR) is 115 cm³/mol. The number of aryl methyl sites for hydroxylation is 1. The second-order valence-corrected chi connectivity index (χ2v) is 8.83. The van der Waals surface area contributed by atoms with Crippen LogP contribution in [0.2, 0.25) is 0 Å². The van der Waals surface area contributed by atoms with Crippen LogP contribution in [0, 0.1) is 6.92 Å². The molecule has 2 amide bonds. The molecule has 3 heterocycles. The van der Waals surface area contributed by atoms with Crippen LogP contribution in [0.5, 0.6) is 5.75 Å². The topological polar surface area (TPSA) is 107 Å². The summed E-state index contributed by atoms with van der Waals surface area (Å²) in [6.07, 6.45) is 3.22. The van der Waals surface area contributed by atoms with Crippen molar-refractivity contribution in [3.63, 3.8) is 0 Å². The van der Waals surface area contributed by atoms with Crippen molar-refractivity contribution < 1.29 is 27.9 Å². The molecule has 1 N–H and O–H groups in total. The first-order chi connectivity index (χ1) is 15.2. The van der Waals surface area contributed by atoms with E-state index >= 15 is 0 Å². The first-order valence-electron chi connectivity index (χ1n) is 10.5. The molecule has 32 heavy (non-hydrogen) atoms. The van der Waals surface area contributed by atoms with E-state index in [0.717, 1.165) is 0 Å². The Kier molecular flexibility index (Phi) is 5.82. The highest BCUT2D eigenvalue weighted by atomic mass is 16.6.